The summed E-state index contributed by atoms with van der Waals surface area (Å²) in [4.78, 5) is 13.7. The lowest BCUT2D eigenvalue weighted by Crippen LogP contribution is -2.55. The monoisotopic (exact) mass is 439 g/mol. The Morgan fingerprint density at radius 2 is 1.79 bits per heavy atom. The molecule has 1 aromatic carbocycles. The molecule has 2 aliphatic heterocycles. The smallest absolute Gasteiger partial charge is 0.355 e. The van der Waals surface area contributed by atoms with Crippen LogP contribution in [0.1, 0.15) is 24.8 Å². The SMILES string of the molecule is O=C1NCCCCC1N1CCN(S(=O)(=O)c2ccc(Cl)c(C(F)(F)F)c2)CC1. The minimum absolute atomic E-state index is 0.0543. The number of halogens is 4. The molecule has 0 spiro atoms. The molecule has 0 saturated carbocycles. The predicted octanol–water partition coefficient (Wildman–Crippen LogP) is 2.33. The lowest BCUT2D eigenvalue weighted by atomic mass is 10.1. The first-order valence-corrected chi connectivity index (χ1v) is 10.8. The van der Waals surface area contributed by atoms with Crippen LogP contribution in [-0.4, -0.2) is 62.3 Å². The van der Waals surface area contributed by atoms with Gasteiger partial charge in [0.15, 0.2) is 0 Å². The van der Waals surface area contributed by atoms with Crippen molar-refractivity contribution in [1.82, 2.24) is 14.5 Å². The van der Waals surface area contributed by atoms with Gasteiger partial charge >= 0.3 is 6.18 Å². The van der Waals surface area contributed by atoms with E-state index in [1.165, 1.54) is 0 Å². The standard InChI is InChI=1S/C17H21ClF3N3O3S/c18-14-5-4-12(11-13(14)17(19,20)21)28(26,27)24-9-7-23(8-10-24)15-3-1-2-6-22-16(15)25/h4-5,11,15H,1-3,6-10H2,(H,22,25). The second-order valence-corrected chi connectivity index (χ2v) is 9.23. The Hall–Kier alpha value is -1.36. The molecule has 2 aliphatic rings. The Bertz CT molecular complexity index is 840. The third-order valence-electron chi connectivity index (χ3n) is 5.10. The zero-order valence-corrected chi connectivity index (χ0v) is 16.6. The molecular weight excluding hydrogens is 419 g/mol. The summed E-state index contributed by atoms with van der Waals surface area (Å²) in [6.07, 6.45) is -2.21. The molecule has 1 amide bonds. The second kappa shape index (κ2) is 8.17. The number of carbonyl (C=O) groups excluding carboxylic acids is 1. The second-order valence-electron chi connectivity index (χ2n) is 6.88. The van der Waals surface area contributed by atoms with Crippen LogP contribution in [0.3, 0.4) is 0 Å². The fourth-order valence-electron chi connectivity index (χ4n) is 3.56. The Morgan fingerprint density at radius 3 is 2.43 bits per heavy atom. The van der Waals surface area contributed by atoms with E-state index in [-0.39, 0.29) is 25.0 Å². The minimum Gasteiger partial charge on any atom is -0.355 e. The van der Waals surface area contributed by atoms with Crippen molar-refractivity contribution >= 4 is 27.5 Å². The summed E-state index contributed by atoms with van der Waals surface area (Å²) in [5, 5.41) is 2.31. The van der Waals surface area contributed by atoms with Crippen LogP contribution < -0.4 is 5.32 Å². The van der Waals surface area contributed by atoms with Crippen LogP contribution in [0.5, 0.6) is 0 Å². The molecule has 28 heavy (non-hydrogen) atoms. The zero-order chi connectivity index (χ0) is 20.5. The van der Waals surface area contributed by atoms with Crippen molar-refractivity contribution in [2.24, 2.45) is 0 Å². The van der Waals surface area contributed by atoms with Crippen LogP contribution in [0.4, 0.5) is 13.2 Å². The van der Waals surface area contributed by atoms with Crippen molar-refractivity contribution in [3.63, 3.8) is 0 Å². The van der Waals surface area contributed by atoms with Gasteiger partial charge in [0.25, 0.3) is 0 Å². The zero-order valence-electron chi connectivity index (χ0n) is 15.0. The number of sulfonamides is 1. The molecule has 0 aromatic heterocycles. The number of carbonyl (C=O) groups is 1. The first-order valence-electron chi connectivity index (χ1n) is 8.99. The van der Waals surface area contributed by atoms with E-state index in [0.29, 0.717) is 32.1 Å². The highest BCUT2D eigenvalue weighted by Gasteiger charge is 2.37. The molecule has 1 N–H and O–H groups in total. The first kappa shape index (κ1) is 21.4. The number of amides is 1. The normalized spacial score (nSPS) is 23.3. The molecule has 0 radical (unpaired) electrons. The number of benzene rings is 1. The fraction of sp³-hybridized carbons (Fsp3) is 0.588. The van der Waals surface area contributed by atoms with Gasteiger partial charge in [-0.15, -0.1) is 0 Å². The van der Waals surface area contributed by atoms with Gasteiger partial charge in [0.05, 0.1) is 21.5 Å². The van der Waals surface area contributed by atoms with E-state index in [4.69, 9.17) is 11.6 Å². The lowest BCUT2D eigenvalue weighted by molar-refractivity contribution is -0.137. The number of nitrogens with one attached hydrogen (secondary N) is 1. The van der Waals surface area contributed by atoms with E-state index >= 15 is 0 Å². The van der Waals surface area contributed by atoms with Crippen molar-refractivity contribution in [3.05, 3.63) is 28.8 Å². The van der Waals surface area contributed by atoms with E-state index < -0.39 is 31.7 Å². The van der Waals surface area contributed by atoms with Gasteiger partial charge < -0.3 is 5.32 Å². The van der Waals surface area contributed by atoms with Gasteiger partial charge in [-0.3, -0.25) is 9.69 Å². The largest absolute Gasteiger partial charge is 0.417 e. The number of nitrogens with zero attached hydrogens (tertiary/aromatic N) is 2. The molecule has 2 fully saturated rings. The van der Waals surface area contributed by atoms with Gasteiger partial charge in [0, 0.05) is 32.7 Å². The summed E-state index contributed by atoms with van der Waals surface area (Å²) in [6, 6.07) is 2.31. The molecule has 1 unspecified atom stereocenters. The van der Waals surface area contributed by atoms with Gasteiger partial charge in [0.1, 0.15) is 0 Å². The fourth-order valence-corrected chi connectivity index (χ4v) is 5.23. The molecular formula is C17H21ClF3N3O3S. The van der Waals surface area contributed by atoms with E-state index in [9.17, 15) is 26.4 Å². The summed E-state index contributed by atoms with van der Waals surface area (Å²) in [7, 11) is -4.09. The molecule has 0 bridgehead atoms. The molecule has 1 atom stereocenters. The minimum atomic E-state index is -4.74. The summed E-state index contributed by atoms with van der Waals surface area (Å²) in [5.41, 5.74) is -1.18. The molecule has 2 saturated heterocycles. The number of alkyl halides is 3. The third kappa shape index (κ3) is 4.45. The van der Waals surface area contributed by atoms with Crippen molar-refractivity contribution in [1.29, 1.82) is 0 Å². The maximum atomic E-state index is 13.0. The van der Waals surface area contributed by atoms with E-state index in [1.807, 2.05) is 4.90 Å². The highest BCUT2D eigenvalue weighted by Crippen LogP contribution is 2.36. The molecule has 6 nitrogen and oxygen atoms in total. The molecule has 0 aliphatic carbocycles. The van der Waals surface area contributed by atoms with Gasteiger partial charge in [-0.05, 0) is 37.5 Å². The molecule has 3 rings (SSSR count). The molecule has 11 heteroatoms. The average molecular weight is 440 g/mol. The van der Waals surface area contributed by atoms with Crippen molar-refractivity contribution < 1.29 is 26.4 Å². The topological polar surface area (TPSA) is 69.7 Å². The van der Waals surface area contributed by atoms with Crippen molar-refractivity contribution in [3.8, 4) is 0 Å². The third-order valence-corrected chi connectivity index (χ3v) is 7.33. The quantitative estimate of drug-likeness (QED) is 0.784. The Labute approximate surface area is 166 Å². The van der Waals surface area contributed by atoms with E-state index in [0.717, 1.165) is 29.3 Å². The average Bonchev–Trinajstić information content (AvgIpc) is 2.85. The van der Waals surface area contributed by atoms with Gasteiger partial charge in [-0.25, -0.2) is 8.42 Å². The summed E-state index contributed by atoms with van der Waals surface area (Å²) < 4.78 is 65.9. The maximum Gasteiger partial charge on any atom is 0.417 e. The van der Waals surface area contributed by atoms with E-state index in [1.54, 1.807) is 0 Å². The predicted molar refractivity (Wildman–Crippen MR) is 97.4 cm³/mol. The first-order chi connectivity index (χ1) is 13.1. The Balaban J connectivity index is 1.74. The van der Waals surface area contributed by atoms with Gasteiger partial charge in [-0.1, -0.05) is 11.6 Å². The molecule has 2 heterocycles. The maximum absolute atomic E-state index is 13.0. The number of piperazine rings is 1. The van der Waals surface area contributed by atoms with Gasteiger partial charge in [-0.2, -0.15) is 17.5 Å². The van der Waals surface area contributed by atoms with Crippen LogP contribution in [-0.2, 0) is 21.0 Å². The highest BCUT2D eigenvalue weighted by atomic mass is 35.5. The Kier molecular flexibility index (Phi) is 6.23. The lowest BCUT2D eigenvalue weighted by Gasteiger charge is -2.37. The van der Waals surface area contributed by atoms with Crippen LogP contribution in [0.15, 0.2) is 23.1 Å². The van der Waals surface area contributed by atoms with Crippen LogP contribution in [0.25, 0.3) is 0 Å². The van der Waals surface area contributed by atoms with Gasteiger partial charge in [0.2, 0.25) is 15.9 Å². The summed E-state index contributed by atoms with van der Waals surface area (Å²) >= 11 is 5.58. The number of hydrogen-bond donors (Lipinski definition) is 1. The molecule has 156 valence electrons. The molecule has 1 aromatic rings. The highest BCUT2D eigenvalue weighted by molar-refractivity contribution is 7.89. The number of hydrogen-bond acceptors (Lipinski definition) is 4. The van der Waals surface area contributed by atoms with E-state index in [2.05, 4.69) is 5.32 Å². The number of rotatable bonds is 3. The Morgan fingerprint density at radius 1 is 1.11 bits per heavy atom. The summed E-state index contributed by atoms with van der Waals surface area (Å²) in [5.74, 6) is -0.0543. The van der Waals surface area contributed by atoms with Crippen molar-refractivity contribution in [2.75, 3.05) is 32.7 Å². The van der Waals surface area contributed by atoms with Crippen LogP contribution in [0, 0.1) is 0 Å². The van der Waals surface area contributed by atoms with Crippen molar-refractivity contribution in [2.45, 2.75) is 36.4 Å². The van der Waals surface area contributed by atoms with Crippen LogP contribution >= 0.6 is 11.6 Å². The van der Waals surface area contributed by atoms with Crippen LogP contribution in [0.2, 0.25) is 5.02 Å². The summed E-state index contributed by atoms with van der Waals surface area (Å²) in [6.45, 7) is 1.54.